The van der Waals surface area contributed by atoms with Gasteiger partial charge in [0.25, 0.3) is 0 Å². The number of carbonyl (C=O) groups is 1. The molecule has 0 amide bonds. The molecule has 0 aliphatic rings. The maximum Gasteiger partial charge on any atom is 0.327 e. The van der Waals surface area contributed by atoms with Gasteiger partial charge in [0.15, 0.2) is 0 Å². The maximum absolute atomic E-state index is 11.3. The van der Waals surface area contributed by atoms with Crippen LogP contribution >= 0.6 is 11.6 Å². The van der Waals surface area contributed by atoms with Gasteiger partial charge in [0, 0.05) is 0 Å². The van der Waals surface area contributed by atoms with Crippen LogP contribution in [-0.4, -0.2) is 17.7 Å². The molecule has 0 heterocycles. The van der Waals surface area contributed by atoms with Gasteiger partial charge in [0.1, 0.15) is 11.8 Å². The number of halogens is 1. The zero-order valence-corrected chi connectivity index (χ0v) is 8.99. The molecule has 1 aromatic carbocycles. The van der Waals surface area contributed by atoms with Crippen molar-refractivity contribution in [2.24, 2.45) is 5.73 Å². The quantitative estimate of drug-likeness (QED) is 0.773. The van der Waals surface area contributed by atoms with Gasteiger partial charge in [0.2, 0.25) is 0 Å². The Labute approximate surface area is 92.6 Å². The minimum absolute atomic E-state index is 0.0449. The molecule has 0 radical (unpaired) electrons. The lowest BCUT2D eigenvalue weighted by Crippen LogP contribution is -2.23. The molecule has 0 bridgehead atoms. The zero-order chi connectivity index (χ0) is 11.4. The van der Waals surface area contributed by atoms with Crippen molar-refractivity contribution in [2.75, 3.05) is 6.61 Å². The monoisotopic (exact) mass is 229 g/mol. The number of ether oxygens (including phenoxy) is 1. The van der Waals surface area contributed by atoms with E-state index in [0.29, 0.717) is 5.56 Å². The van der Waals surface area contributed by atoms with Crippen LogP contribution in [0.4, 0.5) is 0 Å². The van der Waals surface area contributed by atoms with Crippen LogP contribution in [0.1, 0.15) is 18.5 Å². The van der Waals surface area contributed by atoms with Crippen molar-refractivity contribution in [3.05, 3.63) is 28.8 Å². The molecule has 82 valence electrons. The fraction of sp³-hybridized carbons (Fsp3) is 0.300. The molecule has 0 aliphatic heterocycles. The van der Waals surface area contributed by atoms with Gasteiger partial charge in [-0.25, -0.2) is 4.79 Å². The molecule has 0 aromatic heterocycles. The van der Waals surface area contributed by atoms with Crippen LogP contribution in [0.2, 0.25) is 5.02 Å². The third kappa shape index (κ3) is 2.84. The van der Waals surface area contributed by atoms with Gasteiger partial charge >= 0.3 is 5.97 Å². The molecule has 0 aliphatic carbocycles. The number of benzene rings is 1. The molecule has 5 heteroatoms. The van der Waals surface area contributed by atoms with Crippen molar-refractivity contribution in [2.45, 2.75) is 13.0 Å². The van der Waals surface area contributed by atoms with E-state index in [2.05, 4.69) is 0 Å². The number of aromatic hydroxyl groups is 1. The van der Waals surface area contributed by atoms with E-state index in [-0.39, 0.29) is 17.4 Å². The van der Waals surface area contributed by atoms with Crippen molar-refractivity contribution in [1.82, 2.24) is 0 Å². The van der Waals surface area contributed by atoms with E-state index in [1.54, 1.807) is 6.92 Å². The smallest absolute Gasteiger partial charge is 0.327 e. The first-order valence-electron chi connectivity index (χ1n) is 4.47. The summed E-state index contributed by atoms with van der Waals surface area (Å²) < 4.78 is 4.76. The average molecular weight is 230 g/mol. The Hall–Kier alpha value is -1.26. The van der Waals surface area contributed by atoms with E-state index in [9.17, 15) is 9.90 Å². The largest absolute Gasteiger partial charge is 0.506 e. The Morgan fingerprint density at radius 2 is 2.33 bits per heavy atom. The molecule has 1 atom stereocenters. The zero-order valence-electron chi connectivity index (χ0n) is 8.24. The second-order valence-electron chi connectivity index (χ2n) is 2.94. The highest BCUT2D eigenvalue weighted by Crippen LogP contribution is 2.26. The Morgan fingerprint density at radius 3 is 2.87 bits per heavy atom. The highest BCUT2D eigenvalue weighted by atomic mass is 35.5. The van der Waals surface area contributed by atoms with Gasteiger partial charge < -0.3 is 15.6 Å². The number of phenolic OH excluding ortho intramolecular Hbond substituents is 1. The van der Waals surface area contributed by atoms with Crippen LogP contribution in [0.3, 0.4) is 0 Å². The molecule has 0 spiro atoms. The summed E-state index contributed by atoms with van der Waals surface area (Å²) in [5, 5.41) is 9.34. The summed E-state index contributed by atoms with van der Waals surface area (Å²) in [6, 6.07) is 3.49. The molecule has 1 aromatic rings. The van der Waals surface area contributed by atoms with Crippen molar-refractivity contribution >= 4 is 17.6 Å². The van der Waals surface area contributed by atoms with Crippen LogP contribution in [0.25, 0.3) is 0 Å². The third-order valence-electron chi connectivity index (χ3n) is 1.87. The van der Waals surface area contributed by atoms with Gasteiger partial charge in [-0.05, 0) is 24.6 Å². The lowest BCUT2D eigenvalue weighted by molar-refractivity contribution is -0.144. The van der Waals surface area contributed by atoms with Crippen molar-refractivity contribution < 1.29 is 14.6 Å². The van der Waals surface area contributed by atoms with Gasteiger partial charge in [-0.3, -0.25) is 0 Å². The molecule has 1 unspecified atom stereocenters. The first-order chi connectivity index (χ1) is 7.06. The summed E-state index contributed by atoms with van der Waals surface area (Å²) in [6.07, 6.45) is 0. The van der Waals surface area contributed by atoms with E-state index in [0.717, 1.165) is 0 Å². The lowest BCUT2D eigenvalue weighted by atomic mass is 10.1. The van der Waals surface area contributed by atoms with E-state index >= 15 is 0 Å². The predicted molar refractivity (Wildman–Crippen MR) is 56.7 cm³/mol. The highest BCUT2D eigenvalue weighted by molar-refractivity contribution is 6.32. The lowest BCUT2D eigenvalue weighted by Gasteiger charge is -2.11. The average Bonchev–Trinajstić information content (AvgIpc) is 2.21. The van der Waals surface area contributed by atoms with Crippen LogP contribution < -0.4 is 5.73 Å². The minimum atomic E-state index is -0.872. The number of phenols is 1. The first kappa shape index (κ1) is 11.8. The summed E-state index contributed by atoms with van der Waals surface area (Å²) in [6.45, 7) is 1.98. The number of nitrogens with two attached hydrogens (primary N) is 1. The molecular weight excluding hydrogens is 218 g/mol. The third-order valence-corrected chi connectivity index (χ3v) is 2.17. The van der Waals surface area contributed by atoms with Crippen molar-refractivity contribution in [3.63, 3.8) is 0 Å². The Bertz CT molecular complexity index is 368. The highest BCUT2D eigenvalue weighted by Gasteiger charge is 2.17. The molecule has 3 N–H and O–H groups in total. The number of carbonyl (C=O) groups excluding carboxylic acids is 1. The second-order valence-corrected chi connectivity index (χ2v) is 3.35. The summed E-state index contributed by atoms with van der Waals surface area (Å²) in [5.74, 6) is -0.560. The number of hydrogen-bond donors (Lipinski definition) is 2. The van der Waals surface area contributed by atoms with E-state index < -0.39 is 12.0 Å². The van der Waals surface area contributed by atoms with Gasteiger partial charge in [-0.2, -0.15) is 0 Å². The van der Waals surface area contributed by atoms with Crippen LogP contribution in [0.15, 0.2) is 18.2 Å². The van der Waals surface area contributed by atoms with Gasteiger partial charge in [-0.1, -0.05) is 17.7 Å². The molecule has 1 rings (SSSR count). The standard InChI is InChI=1S/C10H12ClNO3/c1-2-15-10(14)9(12)6-3-4-8(13)7(11)5-6/h3-5,9,13H,2,12H2,1H3. The van der Waals surface area contributed by atoms with Crippen molar-refractivity contribution in [1.29, 1.82) is 0 Å². The summed E-state index contributed by atoms with van der Waals surface area (Å²) in [5.41, 5.74) is 6.14. The van der Waals surface area contributed by atoms with Gasteiger partial charge in [-0.15, -0.1) is 0 Å². The van der Waals surface area contributed by atoms with Gasteiger partial charge in [0.05, 0.1) is 11.6 Å². The van der Waals surface area contributed by atoms with E-state index in [1.165, 1.54) is 18.2 Å². The SMILES string of the molecule is CCOC(=O)C(N)c1ccc(O)c(Cl)c1. The summed E-state index contributed by atoms with van der Waals surface area (Å²) in [4.78, 5) is 11.3. The van der Waals surface area contributed by atoms with Crippen LogP contribution in [0, 0.1) is 0 Å². The predicted octanol–water partition coefficient (Wildman–Crippen LogP) is 1.61. The Kier molecular flexibility index (Phi) is 3.94. The fourth-order valence-corrected chi connectivity index (χ4v) is 1.27. The number of rotatable bonds is 3. The number of esters is 1. The molecule has 0 saturated heterocycles. The number of hydrogen-bond acceptors (Lipinski definition) is 4. The van der Waals surface area contributed by atoms with E-state index in [4.69, 9.17) is 22.1 Å². The minimum Gasteiger partial charge on any atom is -0.506 e. The fourth-order valence-electron chi connectivity index (χ4n) is 1.08. The topological polar surface area (TPSA) is 72.5 Å². The summed E-state index contributed by atoms with van der Waals surface area (Å²) in [7, 11) is 0. The Balaban J connectivity index is 2.86. The maximum atomic E-state index is 11.3. The normalized spacial score (nSPS) is 12.2. The first-order valence-corrected chi connectivity index (χ1v) is 4.84. The molecule has 4 nitrogen and oxygen atoms in total. The van der Waals surface area contributed by atoms with Crippen LogP contribution in [-0.2, 0) is 9.53 Å². The van der Waals surface area contributed by atoms with E-state index in [1.807, 2.05) is 0 Å². The molecular formula is C10H12ClNO3. The second kappa shape index (κ2) is 5.00. The van der Waals surface area contributed by atoms with Crippen LogP contribution in [0.5, 0.6) is 5.75 Å². The van der Waals surface area contributed by atoms with Crippen molar-refractivity contribution in [3.8, 4) is 5.75 Å². The Morgan fingerprint density at radius 1 is 1.67 bits per heavy atom. The summed E-state index contributed by atoms with van der Waals surface area (Å²) >= 11 is 5.68. The molecule has 15 heavy (non-hydrogen) atoms. The molecule has 0 saturated carbocycles. The molecule has 0 fully saturated rings.